The van der Waals surface area contributed by atoms with Crippen LogP contribution in [0.4, 0.5) is 0 Å². The lowest BCUT2D eigenvalue weighted by atomic mass is 10.2. The van der Waals surface area contributed by atoms with Crippen LogP contribution in [0.25, 0.3) is 0 Å². The Labute approximate surface area is 75.2 Å². The van der Waals surface area contributed by atoms with Crippen molar-refractivity contribution in [2.75, 3.05) is 0 Å². The molecule has 0 rings (SSSR count). The molecule has 0 fully saturated rings. The van der Waals surface area contributed by atoms with Crippen LogP contribution in [0.2, 0.25) is 0 Å². The summed E-state index contributed by atoms with van der Waals surface area (Å²) in [6, 6.07) is 0. The number of hydrogen-bond acceptors (Lipinski definition) is 1. The van der Waals surface area contributed by atoms with Crippen LogP contribution < -0.4 is 0 Å². The Bertz CT molecular complexity index is 162. The van der Waals surface area contributed by atoms with E-state index in [2.05, 4.69) is 32.1 Å². The Balaban J connectivity index is 3.24. The Morgan fingerprint density at radius 1 is 1.00 bits per heavy atom. The minimum absolute atomic E-state index is 0.652. The van der Waals surface area contributed by atoms with E-state index < -0.39 is 0 Å². The smallest absolute Gasteiger partial charge is 0.120 e. The summed E-state index contributed by atoms with van der Waals surface area (Å²) in [6.07, 6.45) is 11.1. The Hall–Kier alpha value is -0.850. The fraction of sp³-hybridized carbons (Fsp3) is 0.545. The third-order valence-electron chi connectivity index (χ3n) is 1.50. The third-order valence-corrected chi connectivity index (χ3v) is 1.50. The van der Waals surface area contributed by atoms with E-state index in [1.165, 1.54) is 5.57 Å². The summed E-state index contributed by atoms with van der Waals surface area (Å²) in [5.41, 5.74) is 1.37. The van der Waals surface area contributed by atoms with E-state index in [1.807, 2.05) is 0 Å². The van der Waals surface area contributed by atoms with Gasteiger partial charge in [0, 0.05) is 6.42 Å². The fourth-order valence-corrected chi connectivity index (χ4v) is 0.868. The highest BCUT2D eigenvalue weighted by atomic mass is 16.1. The van der Waals surface area contributed by atoms with Crippen LogP contribution in [-0.2, 0) is 4.79 Å². The SMILES string of the molecule is CC(C)=CCC/C=C/CCC=O. The zero-order valence-corrected chi connectivity index (χ0v) is 8.05. The molecule has 0 amide bonds. The molecule has 0 aromatic heterocycles. The number of allylic oxidation sites excluding steroid dienone is 4. The van der Waals surface area contributed by atoms with Crippen LogP contribution in [0.15, 0.2) is 23.8 Å². The van der Waals surface area contributed by atoms with Gasteiger partial charge in [-0.1, -0.05) is 23.8 Å². The summed E-state index contributed by atoms with van der Waals surface area (Å²) in [5.74, 6) is 0. The van der Waals surface area contributed by atoms with E-state index in [4.69, 9.17) is 0 Å². The number of rotatable bonds is 6. The lowest BCUT2D eigenvalue weighted by molar-refractivity contribution is -0.107. The largest absolute Gasteiger partial charge is 0.303 e. The van der Waals surface area contributed by atoms with E-state index >= 15 is 0 Å². The monoisotopic (exact) mass is 166 g/mol. The van der Waals surface area contributed by atoms with E-state index in [0.717, 1.165) is 25.5 Å². The van der Waals surface area contributed by atoms with Gasteiger partial charge in [0.15, 0.2) is 0 Å². The molecule has 0 spiro atoms. The first-order chi connectivity index (χ1) is 5.77. The van der Waals surface area contributed by atoms with Crippen molar-refractivity contribution in [3.63, 3.8) is 0 Å². The maximum absolute atomic E-state index is 9.94. The second-order valence-electron chi connectivity index (χ2n) is 3.07. The number of carbonyl (C=O) groups is 1. The van der Waals surface area contributed by atoms with Crippen molar-refractivity contribution in [3.8, 4) is 0 Å². The van der Waals surface area contributed by atoms with Crippen LogP contribution in [0.1, 0.15) is 39.5 Å². The van der Waals surface area contributed by atoms with Crippen molar-refractivity contribution in [2.45, 2.75) is 39.5 Å². The molecule has 0 saturated heterocycles. The molecular weight excluding hydrogens is 148 g/mol. The molecule has 0 N–H and O–H groups in total. The van der Waals surface area contributed by atoms with Gasteiger partial charge in [0.05, 0.1) is 0 Å². The molecule has 0 unspecified atom stereocenters. The van der Waals surface area contributed by atoms with Gasteiger partial charge in [0.25, 0.3) is 0 Å². The van der Waals surface area contributed by atoms with Crippen molar-refractivity contribution in [1.82, 2.24) is 0 Å². The maximum atomic E-state index is 9.94. The lowest BCUT2D eigenvalue weighted by Gasteiger charge is -1.89. The Morgan fingerprint density at radius 2 is 1.58 bits per heavy atom. The molecule has 0 aromatic rings. The van der Waals surface area contributed by atoms with Gasteiger partial charge < -0.3 is 4.79 Å². The fourth-order valence-electron chi connectivity index (χ4n) is 0.868. The predicted octanol–water partition coefficient (Wildman–Crippen LogP) is 3.27. The molecule has 0 aliphatic rings. The van der Waals surface area contributed by atoms with Crippen LogP contribution >= 0.6 is 0 Å². The van der Waals surface area contributed by atoms with Crippen LogP contribution in [-0.4, -0.2) is 6.29 Å². The highest BCUT2D eigenvalue weighted by Crippen LogP contribution is 1.98. The molecule has 12 heavy (non-hydrogen) atoms. The third kappa shape index (κ3) is 9.15. The van der Waals surface area contributed by atoms with E-state index in [-0.39, 0.29) is 0 Å². The summed E-state index contributed by atoms with van der Waals surface area (Å²) >= 11 is 0. The molecule has 1 nitrogen and oxygen atoms in total. The van der Waals surface area contributed by atoms with E-state index in [9.17, 15) is 4.79 Å². The zero-order chi connectivity index (χ0) is 9.23. The van der Waals surface area contributed by atoms with Crippen LogP contribution in [0, 0.1) is 0 Å². The summed E-state index contributed by atoms with van der Waals surface area (Å²) in [7, 11) is 0. The van der Waals surface area contributed by atoms with E-state index in [1.54, 1.807) is 0 Å². The first-order valence-corrected chi connectivity index (χ1v) is 4.49. The Kier molecular flexibility index (Phi) is 7.66. The first kappa shape index (κ1) is 11.2. The van der Waals surface area contributed by atoms with Gasteiger partial charge in [0.1, 0.15) is 6.29 Å². The topological polar surface area (TPSA) is 17.1 Å². The summed E-state index contributed by atoms with van der Waals surface area (Å²) in [4.78, 5) is 9.94. The molecule has 0 atom stereocenters. The highest BCUT2D eigenvalue weighted by molar-refractivity contribution is 5.49. The van der Waals surface area contributed by atoms with Gasteiger partial charge in [-0.2, -0.15) is 0 Å². The number of aldehydes is 1. The molecule has 0 aliphatic carbocycles. The van der Waals surface area contributed by atoms with Gasteiger partial charge in [-0.15, -0.1) is 0 Å². The summed E-state index contributed by atoms with van der Waals surface area (Å²) in [6.45, 7) is 4.21. The quantitative estimate of drug-likeness (QED) is 0.336. The van der Waals surface area contributed by atoms with Crippen molar-refractivity contribution >= 4 is 6.29 Å². The van der Waals surface area contributed by atoms with E-state index in [0.29, 0.717) is 6.42 Å². The van der Waals surface area contributed by atoms with Crippen LogP contribution in [0.3, 0.4) is 0 Å². The van der Waals surface area contributed by atoms with Crippen molar-refractivity contribution in [3.05, 3.63) is 23.8 Å². The van der Waals surface area contributed by atoms with Crippen LogP contribution in [0.5, 0.6) is 0 Å². The van der Waals surface area contributed by atoms with Crippen molar-refractivity contribution in [1.29, 1.82) is 0 Å². The predicted molar refractivity (Wildman–Crippen MR) is 53.1 cm³/mol. The summed E-state index contributed by atoms with van der Waals surface area (Å²) in [5, 5.41) is 0. The first-order valence-electron chi connectivity index (χ1n) is 4.49. The Morgan fingerprint density at radius 3 is 2.08 bits per heavy atom. The minimum Gasteiger partial charge on any atom is -0.303 e. The molecule has 0 heterocycles. The second-order valence-corrected chi connectivity index (χ2v) is 3.07. The molecule has 0 radical (unpaired) electrons. The van der Waals surface area contributed by atoms with Gasteiger partial charge in [0.2, 0.25) is 0 Å². The van der Waals surface area contributed by atoms with Crippen molar-refractivity contribution in [2.24, 2.45) is 0 Å². The summed E-state index contributed by atoms with van der Waals surface area (Å²) < 4.78 is 0. The number of unbranched alkanes of at least 4 members (excludes halogenated alkanes) is 2. The van der Waals surface area contributed by atoms with Gasteiger partial charge in [-0.3, -0.25) is 0 Å². The number of carbonyl (C=O) groups excluding carboxylic acids is 1. The molecule has 1 heteroatoms. The number of hydrogen-bond donors (Lipinski definition) is 0. The molecular formula is C11H18O. The molecule has 0 aliphatic heterocycles. The average Bonchev–Trinajstić information content (AvgIpc) is 2.02. The average molecular weight is 166 g/mol. The standard InChI is InChI=1S/C11H18O/c1-11(2)9-7-5-3-4-6-8-10-12/h3-4,9-10H,5-8H2,1-2H3/b4-3+. The zero-order valence-electron chi connectivity index (χ0n) is 8.05. The molecule has 0 aromatic carbocycles. The highest BCUT2D eigenvalue weighted by Gasteiger charge is 1.80. The lowest BCUT2D eigenvalue weighted by Crippen LogP contribution is -1.71. The van der Waals surface area contributed by atoms with Gasteiger partial charge in [-0.05, 0) is 33.1 Å². The normalized spacial score (nSPS) is 10.2. The molecule has 68 valence electrons. The van der Waals surface area contributed by atoms with Gasteiger partial charge in [-0.25, -0.2) is 0 Å². The van der Waals surface area contributed by atoms with Crippen molar-refractivity contribution < 1.29 is 4.79 Å². The molecule has 0 bridgehead atoms. The maximum Gasteiger partial charge on any atom is 0.120 e. The van der Waals surface area contributed by atoms with Gasteiger partial charge >= 0.3 is 0 Å². The second kappa shape index (κ2) is 8.25. The molecule has 0 saturated carbocycles. The minimum atomic E-state index is 0.652.